The normalized spacial score (nSPS) is 16.3. The fourth-order valence-corrected chi connectivity index (χ4v) is 3.30. The first-order valence-corrected chi connectivity index (χ1v) is 8.41. The molecule has 1 saturated heterocycles. The number of Topliss-reactive ketones (excluding diaryl/α,β-unsaturated/α-hetero) is 1. The lowest BCUT2D eigenvalue weighted by Gasteiger charge is -2.31. The monoisotopic (exact) mass is 328 g/mol. The van der Waals surface area contributed by atoms with Crippen LogP contribution in [0, 0.1) is 19.8 Å². The molecule has 0 unspecified atom stereocenters. The van der Waals surface area contributed by atoms with E-state index in [9.17, 15) is 4.79 Å². The van der Waals surface area contributed by atoms with Crippen molar-refractivity contribution in [2.45, 2.75) is 33.2 Å². The van der Waals surface area contributed by atoms with Crippen LogP contribution in [-0.2, 0) is 6.54 Å². The van der Waals surface area contributed by atoms with E-state index in [-0.39, 0.29) is 11.7 Å². The zero-order valence-corrected chi connectivity index (χ0v) is 14.5. The van der Waals surface area contributed by atoms with Crippen molar-refractivity contribution in [2.24, 2.45) is 5.92 Å². The van der Waals surface area contributed by atoms with Crippen LogP contribution in [0.4, 0.5) is 0 Å². The van der Waals surface area contributed by atoms with E-state index in [4.69, 9.17) is 9.26 Å². The molecule has 0 amide bonds. The molecule has 1 aromatic heterocycles. The van der Waals surface area contributed by atoms with E-state index in [2.05, 4.69) is 10.1 Å². The van der Waals surface area contributed by atoms with Gasteiger partial charge < -0.3 is 9.26 Å². The van der Waals surface area contributed by atoms with Gasteiger partial charge in [0.2, 0.25) is 0 Å². The Labute approximate surface area is 142 Å². The molecular formula is C19H24N2O3. The topological polar surface area (TPSA) is 55.6 Å². The molecule has 24 heavy (non-hydrogen) atoms. The molecular weight excluding hydrogens is 304 g/mol. The molecule has 1 fully saturated rings. The lowest BCUT2D eigenvalue weighted by Crippen LogP contribution is -2.36. The van der Waals surface area contributed by atoms with Gasteiger partial charge in [-0.1, -0.05) is 5.16 Å². The lowest BCUT2D eigenvalue weighted by molar-refractivity contribution is 0.0834. The van der Waals surface area contributed by atoms with E-state index >= 15 is 0 Å². The number of ether oxygens (including phenoxy) is 1. The van der Waals surface area contributed by atoms with Crippen molar-refractivity contribution in [1.29, 1.82) is 0 Å². The van der Waals surface area contributed by atoms with Gasteiger partial charge in [0.15, 0.2) is 5.78 Å². The third kappa shape index (κ3) is 3.51. The average molecular weight is 328 g/mol. The zero-order valence-electron chi connectivity index (χ0n) is 14.5. The Bertz CT molecular complexity index is 678. The van der Waals surface area contributed by atoms with Gasteiger partial charge in [-0.05, 0) is 64.0 Å². The Morgan fingerprint density at radius 2 is 1.92 bits per heavy atom. The minimum Gasteiger partial charge on any atom is -0.497 e. The smallest absolute Gasteiger partial charge is 0.166 e. The number of likely N-dealkylation sites (tertiary alicyclic amines) is 1. The van der Waals surface area contributed by atoms with Crippen LogP contribution in [0.2, 0.25) is 0 Å². The third-order valence-electron chi connectivity index (χ3n) is 4.90. The SMILES string of the molecule is COc1ccc(C(=O)C2CCN(Cc3c(C)noc3C)CC2)cc1. The Balaban J connectivity index is 1.57. The summed E-state index contributed by atoms with van der Waals surface area (Å²) < 4.78 is 10.4. The van der Waals surface area contributed by atoms with Crippen molar-refractivity contribution in [1.82, 2.24) is 10.1 Å². The quantitative estimate of drug-likeness (QED) is 0.788. The fraction of sp³-hybridized carbons (Fsp3) is 0.474. The molecule has 0 radical (unpaired) electrons. The maximum absolute atomic E-state index is 12.6. The zero-order chi connectivity index (χ0) is 17.1. The van der Waals surface area contributed by atoms with Crippen molar-refractivity contribution in [3.05, 3.63) is 46.8 Å². The van der Waals surface area contributed by atoms with Crippen molar-refractivity contribution < 1.29 is 14.1 Å². The first kappa shape index (κ1) is 16.7. The van der Waals surface area contributed by atoms with Crippen LogP contribution in [0.1, 0.15) is 40.2 Å². The van der Waals surface area contributed by atoms with E-state index in [0.29, 0.717) is 0 Å². The number of hydrogen-bond donors (Lipinski definition) is 0. The molecule has 0 spiro atoms. The van der Waals surface area contributed by atoms with E-state index in [0.717, 1.165) is 55.2 Å². The Hall–Kier alpha value is -2.14. The van der Waals surface area contributed by atoms with Crippen molar-refractivity contribution in [2.75, 3.05) is 20.2 Å². The largest absolute Gasteiger partial charge is 0.497 e. The average Bonchev–Trinajstić information content (AvgIpc) is 2.94. The Morgan fingerprint density at radius 1 is 1.25 bits per heavy atom. The minimum atomic E-state index is 0.110. The molecule has 128 valence electrons. The molecule has 0 saturated carbocycles. The number of hydrogen-bond acceptors (Lipinski definition) is 5. The predicted octanol–water partition coefficient (Wildman–Crippen LogP) is 3.39. The van der Waals surface area contributed by atoms with Crippen LogP contribution < -0.4 is 4.74 Å². The summed E-state index contributed by atoms with van der Waals surface area (Å²) in [6, 6.07) is 7.41. The van der Waals surface area contributed by atoms with E-state index < -0.39 is 0 Å². The second kappa shape index (κ2) is 7.18. The number of aromatic nitrogens is 1. The standard InChI is InChI=1S/C19H24N2O3/c1-13-18(14(2)24-20-13)12-21-10-8-16(9-11-21)19(22)15-4-6-17(23-3)7-5-15/h4-7,16H,8-12H2,1-3H3. The molecule has 5 heteroatoms. The number of rotatable bonds is 5. The van der Waals surface area contributed by atoms with Gasteiger partial charge in [0, 0.05) is 23.6 Å². The summed E-state index contributed by atoms with van der Waals surface area (Å²) in [5.41, 5.74) is 2.92. The molecule has 2 aromatic rings. The van der Waals surface area contributed by atoms with Gasteiger partial charge in [0.1, 0.15) is 11.5 Å². The number of piperidine rings is 1. The van der Waals surface area contributed by atoms with Crippen LogP contribution >= 0.6 is 0 Å². The number of carbonyl (C=O) groups is 1. The molecule has 0 bridgehead atoms. The number of aryl methyl sites for hydroxylation is 2. The van der Waals surface area contributed by atoms with Crippen molar-refractivity contribution in [3.63, 3.8) is 0 Å². The Morgan fingerprint density at radius 3 is 2.46 bits per heavy atom. The summed E-state index contributed by atoms with van der Waals surface area (Å²) in [7, 11) is 1.63. The predicted molar refractivity (Wildman–Crippen MR) is 91.3 cm³/mol. The van der Waals surface area contributed by atoms with E-state index in [1.165, 1.54) is 5.56 Å². The van der Waals surface area contributed by atoms with Gasteiger partial charge in [0.05, 0.1) is 12.8 Å². The molecule has 3 rings (SSSR count). The molecule has 0 aliphatic carbocycles. The summed E-state index contributed by atoms with van der Waals surface area (Å²) in [6.45, 7) is 6.64. The van der Waals surface area contributed by atoms with E-state index in [1.807, 2.05) is 38.1 Å². The first-order chi connectivity index (χ1) is 11.6. The highest BCUT2D eigenvalue weighted by atomic mass is 16.5. The molecule has 5 nitrogen and oxygen atoms in total. The molecule has 0 N–H and O–H groups in total. The minimum absolute atomic E-state index is 0.110. The number of carbonyl (C=O) groups excluding carboxylic acids is 1. The van der Waals surface area contributed by atoms with Crippen LogP contribution in [0.25, 0.3) is 0 Å². The van der Waals surface area contributed by atoms with Crippen LogP contribution in [0.3, 0.4) is 0 Å². The maximum atomic E-state index is 12.6. The third-order valence-corrected chi connectivity index (χ3v) is 4.90. The number of nitrogens with zero attached hydrogens (tertiary/aromatic N) is 2. The molecule has 2 heterocycles. The van der Waals surface area contributed by atoms with Crippen LogP contribution in [0.15, 0.2) is 28.8 Å². The van der Waals surface area contributed by atoms with Gasteiger partial charge in [0.25, 0.3) is 0 Å². The highest BCUT2D eigenvalue weighted by Crippen LogP contribution is 2.25. The highest BCUT2D eigenvalue weighted by molar-refractivity contribution is 5.98. The molecule has 1 aromatic carbocycles. The van der Waals surface area contributed by atoms with E-state index in [1.54, 1.807) is 7.11 Å². The highest BCUT2D eigenvalue weighted by Gasteiger charge is 2.26. The summed E-state index contributed by atoms with van der Waals surface area (Å²) >= 11 is 0. The molecule has 1 aliphatic rings. The first-order valence-electron chi connectivity index (χ1n) is 8.41. The summed E-state index contributed by atoms with van der Waals surface area (Å²) in [4.78, 5) is 15.0. The second-order valence-electron chi connectivity index (χ2n) is 6.45. The van der Waals surface area contributed by atoms with Gasteiger partial charge >= 0.3 is 0 Å². The van der Waals surface area contributed by atoms with Crippen LogP contribution in [-0.4, -0.2) is 36.0 Å². The maximum Gasteiger partial charge on any atom is 0.166 e. The summed E-state index contributed by atoms with van der Waals surface area (Å²) in [5, 5.41) is 4.01. The van der Waals surface area contributed by atoms with Gasteiger partial charge in [-0.3, -0.25) is 9.69 Å². The fourth-order valence-electron chi connectivity index (χ4n) is 3.30. The van der Waals surface area contributed by atoms with Crippen molar-refractivity contribution >= 4 is 5.78 Å². The molecule has 0 atom stereocenters. The second-order valence-corrected chi connectivity index (χ2v) is 6.45. The summed E-state index contributed by atoms with van der Waals surface area (Å²) in [6.07, 6.45) is 1.79. The van der Waals surface area contributed by atoms with Gasteiger partial charge in [-0.2, -0.15) is 0 Å². The molecule has 1 aliphatic heterocycles. The number of benzene rings is 1. The lowest BCUT2D eigenvalue weighted by atomic mass is 9.88. The van der Waals surface area contributed by atoms with Crippen LogP contribution in [0.5, 0.6) is 5.75 Å². The van der Waals surface area contributed by atoms with Crippen molar-refractivity contribution in [3.8, 4) is 5.75 Å². The van der Waals surface area contributed by atoms with Gasteiger partial charge in [-0.15, -0.1) is 0 Å². The summed E-state index contributed by atoms with van der Waals surface area (Å²) in [5.74, 6) is 2.03. The number of methoxy groups -OCH3 is 1. The van der Waals surface area contributed by atoms with Gasteiger partial charge in [-0.25, -0.2) is 0 Å². The Kier molecular flexibility index (Phi) is 5.00. The number of ketones is 1.